The monoisotopic (exact) mass is 287 g/mol. The molecule has 0 unspecified atom stereocenters. The summed E-state index contributed by atoms with van der Waals surface area (Å²) in [5.41, 5.74) is 0.179. The number of alkyl halides is 3. The van der Waals surface area contributed by atoms with Crippen molar-refractivity contribution < 1.29 is 27.4 Å². The fourth-order valence-electron chi connectivity index (χ4n) is 1.74. The van der Waals surface area contributed by atoms with Gasteiger partial charge in [-0.2, -0.15) is 4.39 Å². The largest absolute Gasteiger partial charge is 0.573 e. The summed E-state index contributed by atoms with van der Waals surface area (Å²) in [6, 6.07) is 7.62. The summed E-state index contributed by atoms with van der Waals surface area (Å²) in [5, 5.41) is 9.14. The molecule has 0 bridgehead atoms. The predicted molar refractivity (Wildman–Crippen MR) is 62.2 cm³/mol. The van der Waals surface area contributed by atoms with E-state index in [4.69, 9.17) is 5.11 Å². The second-order valence-electron chi connectivity index (χ2n) is 3.83. The minimum absolute atomic E-state index is 0.0665. The summed E-state index contributed by atoms with van der Waals surface area (Å²) in [7, 11) is 0. The number of benzene rings is 1. The molecular weight excluding hydrogens is 278 g/mol. The molecule has 0 aliphatic carbocycles. The SMILES string of the molecule is OCc1nc(F)ccc1-c1ccccc1OC(F)(F)F. The number of ether oxygens (including phenoxy) is 1. The molecule has 0 fully saturated rings. The van der Waals surface area contributed by atoms with Gasteiger partial charge in [-0.3, -0.25) is 0 Å². The molecule has 3 nitrogen and oxygen atoms in total. The Morgan fingerprint density at radius 1 is 1.05 bits per heavy atom. The normalized spacial score (nSPS) is 11.4. The molecule has 7 heteroatoms. The van der Waals surface area contributed by atoms with Gasteiger partial charge in [0.2, 0.25) is 5.95 Å². The first-order valence-corrected chi connectivity index (χ1v) is 5.52. The zero-order valence-corrected chi connectivity index (χ0v) is 9.99. The lowest BCUT2D eigenvalue weighted by Gasteiger charge is -2.14. The van der Waals surface area contributed by atoms with E-state index in [1.807, 2.05) is 0 Å². The third-order valence-corrected chi connectivity index (χ3v) is 2.49. The maximum absolute atomic E-state index is 13.0. The van der Waals surface area contributed by atoms with Gasteiger partial charge in [-0.25, -0.2) is 4.98 Å². The Bertz CT molecular complexity index is 614. The smallest absolute Gasteiger partial charge is 0.405 e. The van der Waals surface area contributed by atoms with Crippen LogP contribution in [0.3, 0.4) is 0 Å². The van der Waals surface area contributed by atoms with Crippen LogP contribution in [0.4, 0.5) is 17.6 Å². The number of para-hydroxylation sites is 1. The van der Waals surface area contributed by atoms with Crippen LogP contribution in [0.25, 0.3) is 11.1 Å². The van der Waals surface area contributed by atoms with Crippen LogP contribution < -0.4 is 4.74 Å². The van der Waals surface area contributed by atoms with Crippen molar-refractivity contribution in [1.29, 1.82) is 0 Å². The van der Waals surface area contributed by atoms with Crippen LogP contribution in [-0.2, 0) is 6.61 Å². The van der Waals surface area contributed by atoms with Gasteiger partial charge in [0.1, 0.15) is 5.75 Å². The molecule has 0 aliphatic rings. The number of pyridine rings is 1. The first kappa shape index (κ1) is 14.3. The van der Waals surface area contributed by atoms with Gasteiger partial charge < -0.3 is 9.84 Å². The second-order valence-corrected chi connectivity index (χ2v) is 3.83. The van der Waals surface area contributed by atoms with Crippen molar-refractivity contribution in [3.8, 4) is 16.9 Å². The third-order valence-electron chi connectivity index (χ3n) is 2.49. The third kappa shape index (κ3) is 3.24. The number of nitrogens with zero attached hydrogens (tertiary/aromatic N) is 1. The Balaban J connectivity index is 2.53. The van der Waals surface area contributed by atoms with Crippen molar-refractivity contribution in [3.63, 3.8) is 0 Å². The number of halogens is 4. The van der Waals surface area contributed by atoms with Crippen LogP contribution in [0.5, 0.6) is 5.75 Å². The highest BCUT2D eigenvalue weighted by Crippen LogP contribution is 2.34. The summed E-state index contributed by atoms with van der Waals surface area (Å²) in [6.45, 7) is -0.604. The van der Waals surface area contributed by atoms with Crippen LogP contribution >= 0.6 is 0 Å². The number of rotatable bonds is 3. The minimum atomic E-state index is -4.84. The van der Waals surface area contributed by atoms with Gasteiger partial charge in [-0.1, -0.05) is 18.2 Å². The molecule has 0 saturated heterocycles. The number of hydrogen-bond donors (Lipinski definition) is 1. The Morgan fingerprint density at radius 3 is 2.40 bits per heavy atom. The van der Waals surface area contributed by atoms with E-state index in [0.29, 0.717) is 0 Å². The van der Waals surface area contributed by atoms with Crippen molar-refractivity contribution in [2.45, 2.75) is 13.0 Å². The van der Waals surface area contributed by atoms with Crippen LogP contribution in [0.15, 0.2) is 36.4 Å². The molecule has 0 saturated carbocycles. The molecule has 0 amide bonds. The average Bonchev–Trinajstić information content (AvgIpc) is 2.38. The Labute approximate surface area is 111 Å². The van der Waals surface area contributed by atoms with E-state index in [-0.39, 0.29) is 16.8 Å². The molecule has 0 spiro atoms. The lowest BCUT2D eigenvalue weighted by Crippen LogP contribution is -2.17. The molecule has 106 valence electrons. The van der Waals surface area contributed by atoms with Crippen molar-refractivity contribution in [3.05, 3.63) is 48.0 Å². The molecule has 1 aromatic heterocycles. The standard InChI is InChI=1S/C13H9F4NO2/c14-12-6-5-8(10(7-19)18-12)9-3-1-2-4-11(9)20-13(15,16)17/h1-6,19H,7H2. The average molecular weight is 287 g/mol. The molecule has 0 aliphatic heterocycles. The highest BCUT2D eigenvalue weighted by atomic mass is 19.4. The van der Waals surface area contributed by atoms with Crippen molar-refractivity contribution in [2.75, 3.05) is 0 Å². The van der Waals surface area contributed by atoms with E-state index in [2.05, 4.69) is 9.72 Å². The van der Waals surface area contributed by atoms with E-state index in [9.17, 15) is 17.6 Å². The molecule has 1 heterocycles. The molecule has 1 N–H and O–H groups in total. The molecule has 2 rings (SSSR count). The lowest BCUT2D eigenvalue weighted by atomic mass is 10.0. The summed E-state index contributed by atoms with van der Waals surface area (Å²) in [4.78, 5) is 3.45. The minimum Gasteiger partial charge on any atom is -0.405 e. The Morgan fingerprint density at radius 2 is 1.75 bits per heavy atom. The highest BCUT2D eigenvalue weighted by molar-refractivity contribution is 5.72. The quantitative estimate of drug-likeness (QED) is 0.696. The fourth-order valence-corrected chi connectivity index (χ4v) is 1.74. The summed E-state index contributed by atoms with van der Waals surface area (Å²) >= 11 is 0. The van der Waals surface area contributed by atoms with Gasteiger partial charge in [0.15, 0.2) is 0 Å². The van der Waals surface area contributed by atoms with Gasteiger partial charge in [0.25, 0.3) is 0 Å². The second kappa shape index (κ2) is 5.46. The van der Waals surface area contributed by atoms with E-state index in [1.165, 1.54) is 24.3 Å². The van der Waals surface area contributed by atoms with Crippen molar-refractivity contribution in [1.82, 2.24) is 4.98 Å². The van der Waals surface area contributed by atoms with E-state index >= 15 is 0 Å². The van der Waals surface area contributed by atoms with E-state index < -0.39 is 24.7 Å². The van der Waals surface area contributed by atoms with Gasteiger partial charge in [-0.15, -0.1) is 13.2 Å². The number of aliphatic hydroxyl groups is 1. The Kier molecular flexibility index (Phi) is 3.89. The van der Waals surface area contributed by atoms with Crippen molar-refractivity contribution in [2.24, 2.45) is 0 Å². The van der Waals surface area contributed by atoms with E-state index in [0.717, 1.165) is 12.1 Å². The van der Waals surface area contributed by atoms with Gasteiger partial charge in [-0.05, 0) is 18.2 Å². The van der Waals surface area contributed by atoms with Crippen LogP contribution in [0.1, 0.15) is 5.69 Å². The summed E-state index contributed by atoms with van der Waals surface area (Å²) < 4.78 is 53.9. The molecule has 20 heavy (non-hydrogen) atoms. The van der Waals surface area contributed by atoms with Crippen LogP contribution in [0.2, 0.25) is 0 Å². The van der Waals surface area contributed by atoms with E-state index in [1.54, 1.807) is 0 Å². The number of aromatic nitrogens is 1. The maximum atomic E-state index is 13.0. The first-order chi connectivity index (χ1) is 9.40. The number of aliphatic hydroxyl groups excluding tert-OH is 1. The topological polar surface area (TPSA) is 42.4 Å². The molecular formula is C13H9F4NO2. The van der Waals surface area contributed by atoms with Gasteiger partial charge in [0.05, 0.1) is 12.3 Å². The van der Waals surface area contributed by atoms with Crippen LogP contribution in [0, 0.1) is 5.95 Å². The van der Waals surface area contributed by atoms with Gasteiger partial charge in [0, 0.05) is 11.1 Å². The Hall–Kier alpha value is -2.15. The lowest BCUT2D eigenvalue weighted by molar-refractivity contribution is -0.274. The zero-order valence-electron chi connectivity index (χ0n) is 9.99. The molecule has 0 radical (unpaired) electrons. The zero-order chi connectivity index (χ0) is 14.8. The maximum Gasteiger partial charge on any atom is 0.573 e. The summed E-state index contributed by atoms with van der Waals surface area (Å²) in [6.07, 6.45) is -4.84. The number of hydrogen-bond acceptors (Lipinski definition) is 3. The molecule has 0 atom stereocenters. The van der Waals surface area contributed by atoms with Gasteiger partial charge >= 0.3 is 6.36 Å². The highest BCUT2D eigenvalue weighted by Gasteiger charge is 2.32. The predicted octanol–water partition coefficient (Wildman–Crippen LogP) is 3.28. The molecule has 1 aromatic carbocycles. The fraction of sp³-hybridized carbons (Fsp3) is 0.154. The first-order valence-electron chi connectivity index (χ1n) is 5.52. The molecule has 2 aromatic rings. The van der Waals surface area contributed by atoms with Crippen molar-refractivity contribution >= 4 is 0 Å². The van der Waals surface area contributed by atoms with Crippen LogP contribution in [-0.4, -0.2) is 16.5 Å². The summed E-state index contributed by atoms with van der Waals surface area (Å²) in [5.74, 6) is -1.27.